The number of alkyl halides is 2. The first-order valence-corrected chi connectivity index (χ1v) is 8.18. The standard InChI is InChI=1S/C17H26F2N2/c1-13-4-3-9-21(13)14(2)16-7-5-15(6-8-16)10-20-11-17(18,19)12-20/h3-4,9,14-16H,5-8,10-12H2,1-2H3/t14-,15?,16?/m1/s1. The lowest BCUT2D eigenvalue weighted by molar-refractivity contribution is -0.135. The quantitative estimate of drug-likeness (QED) is 0.811. The molecule has 0 amide bonds. The minimum absolute atomic E-state index is 0.0219. The zero-order chi connectivity index (χ0) is 15.0. The molecule has 2 heterocycles. The average Bonchev–Trinajstić information content (AvgIpc) is 2.83. The van der Waals surface area contributed by atoms with Crippen LogP contribution in [-0.4, -0.2) is 35.0 Å². The molecule has 2 nitrogen and oxygen atoms in total. The van der Waals surface area contributed by atoms with E-state index in [1.807, 2.05) is 4.90 Å². The predicted molar refractivity (Wildman–Crippen MR) is 80.7 cm³/mol. The van der Waals surface area contributed by atoms with Crippen molar-refractivity contribution in [3.8, 4) is 0 Å². The summed E-state index contributed by atoms with van der Waals surface area (Å²) in [5.41, 5.74) is 1.33. The van der Waals surface area contributed by atoms with Gasteiger partial charge in [-0.15, -0.1) is 0 Å². The van der Waals surface area contributed by atoms with Crippen molar-refractivity contribution in [2.24, 2.45) is 11.8 Å². The molecule has 4 heteroatoms. The van der Waals surface area contributed by atoms with Gasteiger partial charge in [-0.1, -0.05) is 0 Å². The smallest absolute Gasteiger partial charge is 0.272 e. The van der Waals surface area contributed by atoms with Gasteiger partial charge >= 0.3 is 0 Å². The van der Waals surface area contributed by atoms with Crippen molar-refractivity contribution in [2.75, 3.05) is 19.6 Å². The number of hydrogen-bond acceptors (Lipinski definition) is 1. The first-order chi connectivity index (χ1) is 9.94. The van der Waals surface area contributed by atoms with E-state index in [1.165, 1.54) is 31.4 Å². The fraction of sp³-hybridized carbons (Fsp3) is 0.765. The summed E-state index contributed by atoms with van der Waals surface area (Å²) in [6.45, 7) is 5.30. The molecule has 21 heavy (non-hydrogen) atoms. The Morgan fingerprint density at radius 2 is 1.90 bits per heavy atom. The Balaban J connectivity index is 1.46. The molecule has 0 N–H and O–H groups in total. The highest BCUT2D eigenvalue weighted by Crippen LogP contribution is 2.37. The third kappa shape index (κ3) is 3.31. The molecule has 2 aliphatic rings. The van der Waals surface area contributed by atoms with Crippen LogP contribution in [0.4, 0.5) is 8.78 Å². The van der Waals surface area contributed by atoms with E-state index in [-0.39, 0.29) is 13.1 Å². The zero-order valence-corrected chi connectivity index (χ0v) is 13.1. The number of aryl methyl sites for hydroxylation is 1. The fourth-order valence-electron chi connectivity index (χ4n) is 4.12. The number of halogens is 2. The lowest BCUT2D eigenvalue weighted by Gasteiger charge is -2.42. The van der Waals surface area contributed by atoms with Crippen LogP contribution >= 0.6 is 0 Å². The molecule has 0 aromatic carbocycles. The molecule has 2 fully saturated rings. The van der Waals surface area contributed by atoms with Gasteiger partial charge in [0.15, 0.2) is 0 Å². The van der Waals surface area contributed by atoms with E-state index in [0.717, 1.165) is 12.5 Å². The van der Waals surface area contributed by atoms with Gasteiger partial charge < -0.3 is 4.57 Å². The van der Waals surface area contributed by atoms with Gasteiger partial charge in [0.2, 0.25) is 0 Å². The maximum Gasteiger partial charge on any atom is 0.272 e. The highest BCUT2D eigenvalue weighted by molar-refractivity contribution is 5.06. The topological polar surface area (TPSA) is 8.17 Å². The molecule has 1 aromatic heterocycles. The maximum atomic E-state index is 12.9. The van der Waals surface area contributed by atoms with Gasteiger partial charge in [-0.25, -0.2) is 8.78 Å². The van der Waals surface area contributed by atoms with Gasteiger partial charge in [0, 0.05) is 24.5 Å². The molecule has 1 aromatic rings. The summed E-state index contributed by atoms with van der Waals surface area (Å²) in [6.07, 6.45) is 7.02. The Morgan fingerprint density at radius 3 is 2.43 bits per heavy atom. The van der Waals surface area contributed by atoms with Gasteiger partial charge in [0.25, 0.3) is 5.92 Å². The Morgan fingerprint density at radius 1 is 1.24 bits per heavy atom. The van der Waals surface area contributed by atoms with Crippen molar-refractivity contribution in [3.05, 3.63) is 24.0 Å². The second kappa shape index (κ2) is 5.71. The van der Waals surface area contributed by atoms with Crippen LogP contribution < -0.4 is 0 Å². The number of hydrogen-bond donors (Lipinski definition) is 0. The van der Waals surface area contributed by atoms with Crippen molar-refractivity contribution in [1.82, 2.24) is 9.47 Å². The van der Waals surface area contributed by atoms with Crippen molar-refractivity contribution in [1.29, 1.82) is 0 Å². The van der Waals surface area contributed by atoms with E-state index in [4.69, 9.17) is 0 Å². The summed E-state index contributed by atoms with van der Waals surface area (Å²) < 4.78 is 28.1. The van der Waals surface area contributed by atoms with E-state index in [1.54, 1.807) is 0 Å². The van der Waals surface area contributed by atoms with Crippen LogP contribution in [0.2, 0.25) is 0 Å². The molecule has 1 aliphatic carbocycles. The molecule has 1 saturated heterocycles. The van der Waals surface area contributed by atoms with Gasteiger partial charge in [0.1, 0.15) is 0 Å². The lowest BCUT2D eigenvalue weighted by Crippen LogP contribution is -2.57. The largest absolute Gasteiger partial charge is 0.349 e. The summed E-state index contributed by atoms with van der Waals surface area (Å²) in [5.74, 6) is -1.07. The van der Waals surface area contributed by atoms with Crippen LogP contribution in [-0.2, 0) is 0 Å². The zero-order valence-electron chi connectivity index (χ0n) is 13.1. The Labute approximate surface area is 126 Å². The molecule has 0 spiro atoms. The van der Waals surface area contributed by atoms with Gasteiger partial charge in [-0.05, 0) is 63.5 Å². The van der Waals surface area contributed by atoms with Crippen molar-refractivity contribution >= 4 is 0 Å². The van der Waals surface area contributed by atoms with Crippen molar-refractivity contribution < 1.29 is 8.78 Å². The number of rotatable bonds is 4. The Hall–Kier alpha value is -0.900. The third-order valence-corrected chi connectivity index (χ3v) is 5.43. The fourth-order valence-corrected chi connectivity index (χ4v) is 4.12. The molecule has 0 unspecified atom stereocenters. The summed E-state index contributed by atoms with van der Waals surface area (Å²) in [6, 6.07) is 4.82. The van der Waals surface area contributed by atoms with Crippen LogP contribution in [0, 0.1) is 18.8 Å². The van der Waals surface area contributed by atoms with E-state index < -0.39 is 5.92 Å². The second-order valence-electron chi connectivity index (χ2n) is 7.10. The van der Waals surface area contributed by atoms with Crippen molar-refractivity contribution in [2.45, 2.75) is 51.5 Å². The van der Waals surface area contributed by atoms with Gasteiger partial charge in [-0.2, -0.15) is 0 Å². The van der Waals surface area contributed by atoms with Crippen LogP contribution in [0.5, 0.6) is 0 Å². The summed E-state index contributed by atoms with van der Waals surface area (Å²) in [4.78, 5) is 1.92. The minimum Gasteiger partial charge on any atom is -0.349 e. The molecule has 0 bridgehead atoms. The molecule has 0 radical (unpaired) electrons. The van der Waals surface area contributed by atoms with Crippen LogP contribution in [0.25, 0.3) is 0 Å². The average molecular weight is 296 g/mol. The van der Waals surface area contributed by atoms with E-state index in [9.17, 15) is 8.78 Å². The van der Waals surface area contributed by atoms with E-state index in [0.29, 0.717) is 12.0 Å². The molecule has 1 atom stereocenters. The van der Waals surface area contributed by atoms with Crippen LogP contribution in [0.15, 0.2) is 18.3 Å². The molecule has 3 rings (SSSR count). The third-order valence-electron chi connectivity index (χ3n) is 5.43. The summed E-state index contributed by atoms with van der Waals surface area (Å²) in [5, 5.41) is 0. The highest BCUT2D eigenvalue weighted by atomic mass is 19.3. The minimum atomic E-state index is -2.42. The van der Waals surface area contributed by atoms with Gasteiger partial charge in [-0.3, -0.25) is 4.90 Å². The van der Waals surface area contributed by atoms with Crippen LogP contribution in [0.1, 0.15) is 44.3 Å². The Bertz CT molecular complexity index is 467. The second-order valence-corrected chi connectivity index (χ2v) is 7.10. The number of likely N-dealkylation sites (tertiary alicyclic amines) is 1. The van der Waals surface area contributed by atoms with Gasteiger partial charge in [0.05, 0.1) is 13.1 Å². The van der Waals surface area contributed by atoms with E-state index in [2.05, 4.69) is 36.7 Å². The number of aromatic nitrogens is 1. The maximum absolute atomic E-state index is 12.9. The molecule has 1 aliphatic heterocycles. The SMILES string of the molecule is Cc1cccn1[C@H](C)C1CCC(CN2CC(F)(F)C2)CC1. The van der Waals surface area contributed by atoms with Crippen molar-refractivity contribution in [3.63, 3.8) is 0 Å². The predicted octanol–water partition coefficient (Wildman–Crippen LogP) is 4.11. The Kier molecular flexibility index (Phi) is 4.08. The van der Waals surface area contributed by atoms with Crippen LogP contribution in [0.3, 0.4) is 0 Å². The summed E-state index contributed by atoms with van der Waals surface area (Å²) in [7, 11) is 0. The molecular weight excluding hydrogens is 270 g/mol. The first kappa shape index (κ1) is 15.0. The first-order valence-electron chi connectivity index (χ1n) is 8.18. The van der Waals surface area contributed by atoms with E-state index >= 15 is 0 Å². The summed E-state index contributed by atoms with van der Waals surface area (Å²) >= 11 is 0. The molecule has 118 valence electrons. The monoisotopic (exact) mass is 296 g/mol. The highest BCUT2D eigenvalue weighted by Gasteiger charge is 2.44. The number of nitrogens with zero attached hydrogens (tertiary/aromatic N) is 2. The molecular formula is C17H26F2N2. The molecule has 1 saturated carbocycles. The lowest BCUT2D eigenvalue weighted by atomic mass is 9.78. The normalized spacial score (nSPS) is 30.9.